The number of benzene rings is 1. The fraction of sp³-hybridized carbons (Fsp3) is 0.333. The number of nitrogens with zero attached hydrogens (tertiary/aromatic N) is 4. The first-order valence-electron chi connectivity index (χ1n) is 12.8. The minimum Gasteiger partial charge on any atom is -0.391 e. The zero-order chi connectivity index (χ0) is 28.4. The van der Waals surface area contributed by atoms with Crippen LogP contribution in [-0.2, 0) is 19.6 Å². The highest BCUT2D eigenvalue weighted by Crippen LogP contribution is 2.33. The third-order valence-corrected chi connectivity index (χ3v) is 8.76. The van der Waals surface area contributed by atoms with Gasteiger partial charge in [-0.3, -0.25) is 19.4 Å². The molecule has 0 radical (unpaired) electrons. The molecule has 0 aliphatic carbocycles. The van der Waals surface area contributed by atoms with Crippen molar-refractivity contribution < 1.29 is 32.3 Å². The highest BCUT2D eigenvalue weighted by molar-refractivity contribution is 8.04. The number of nitrogens with one attached hydrogen (secondary N) is 1. The van der Waals surface area contributed by atoms with Gasteiger partial charge in [-0.2, -0.15) is 4.31 Å². The average Bonchev–Trinajstić information content (AvgIpc) is 3.54. The summed E-state index contributed by atoms with van der Waals surface area (Å²) in [6.45, 7) is 1.41. The molecule has 3 unspecified atom stereocenters. The number of Topliss-reactive ketones (excluding diaryl/α,β-unsaturated/α-hetero) is 1. The molecule has 2 aliphatic rings. The predicted molar refractivity (Wildman–Crippen MR) is 143 cm³/mol. The summed E-state index contributed by atoms with van der Waals surface area (Å²) >= 11 is 0. The normalized spacial score (nSPS) is 19.8. The molecule has 2 amide bonds. The van der Waals surface area contributed by atoms with E-state index in [-0.39, 0.29) is 30.8 Å². The highest BCUT2D eigenvalue weighted by Gasteiger charge is 2.55. The van der Waals surface area contributed by atoms with Crippen LogP contribution in [0.3, 0.4) is 0 Å². The van der Waals surface area contributed by atoms with Gasteiger partial charge in [0.2, 0.25) is 11.8 Å². The van der Waals surface area contributed by atoms with Crippen LogP contribution in [0.25, 0.3) is 10.9 Å². The Morgan fingerprint density at radius 1 is 1.12 bits per heavy atom. The fourth-order valence-corrected chi connectivity index (χ4v) is 6.70. The average molecular weight is 566 g/mol. The van der Waals surface area contributed by atoms with E-state index in [1.165, 1.54) is 23.2 Å². The van der Waals surface area contributed by atoms with E-state index in [4.69, 9.17) is 4.74 Å². The smallest absolute Gasteiger partial charge is 0.391 e. The number of hydrogen-bond acceptors (Lipinski definition) is 9. The van der Waals surface area contributed by atoms with Gasteiger partial charge in [-0.15, -0.1) is 0 Å². The fourth-order valence-electron chi connectivity index (χ4n) is 5.20. The number of likely N-dealkylation sites (tertiary alicyclic amines) is 1. The minimum atomic E-state index is -4.53. The monoisotopic (exact) mass is 565 g/mol. The zero-order valence-corrected chi connectivity index (χ0v) is 22.4. The Morgan fingerprint density at radius 2 is 1.93 bits per heavy atom. The van der Waals surface area contributed by atoms with Crippen molar-refractivity contribution in [1.29, 1.82) is 0 Å². The van der Waals surface area contributed by atoms with Crippen molar-refractivity contribution in [3.63, 3.8) is 0 Å². The summed E-state index contributed by atoms with van der Waals surface area (Å²) in [6.07, 6.45) is 2.66. The molecule has 0 saturated carbocycles. The van der Waals surface area contributed by atoms with E-state index in [2.05, 4.69) is 15.3 Å². The number of ketones is 1. The number of carbonyl (C=O) groups excluding carboxylic acids is 4. The van der Waals surface area contributed by atoms with Crippen molar-refractivity contribution in [2.24, 2.45) is 0 Å². The number of carbonyl (C=O) groups is 4. The molecule has 0 spiro atoms. The Bertz CT molecular complexity index is 1580. The quantitative estimate of drug-likeness (QED) is 0.452. The van der Waals surface area contributed by atoms with Gasteiger partial charge in [-0.25, -0.2) is 18.2 Å². The number of aromatic nitrogens is 2. The summed E-state index contributed by atoms with van der Waals surface area (Å²) < 4.78 is 32.5. The lowest BCUT2D eigenvalue weighted by molar-refractivity contribution is -0.138. The number of ether oxygens (including phenoxy) is 1. The lowest BCUT2D eigenvalue weighted by Crippen LogP contribution is -2.53. The molecule has 2 aromatic heterocycles. The second-order valence-electron chi connectivity index (χ2n) is 9.60. The summed E-state index contributed by atoms with van der Waals surface area (Å²) in [5.41, 5.74) is 0.523. The SMILES string of the molecule is CCCC(NC(=O)Oc1ccc2ccccc2n1)C(=O)N1CCC2C1C(=O)CN2S(=O)(=O)C(=O)c1cccnc1. The molecule has 1 aromatic carbocycles. The van der Waals surface area contributed by atoms with Crippen molar-refractivity contribution in [3.05, 3.63) is 66.5 Å². The van der Waals surface area contributed by atoms with Crippen molar-refractivity contribution in [2.45, 2.75) is 44.3 Å². The van der Waals surface area contributed by atoms with E-state index >= 15 is 0 Å². The molecule has 5 rings (SSSR count). The molecule has 40 heavy (non-hydrogen) atoms. The molecule has 2 fully saturated rings. The van der Waals surface area contributed by atoms with Crippen molar-refractivity contribution in [3.8, 4) is 5.88 Å². The van der Waals surface area contributed by atoms with Crippen molar-refractivity contribution >= 4 is 43.8 Å². The Hall–Kier alpha value is -4.23. The molecule has 3 aromatic rings. The summed E-state index contributed by atoms with van der Waals surface area (Å²) in [6, 6.07) is 10.5. The molecule has 4 heterocycles. The van der Waals surface area contributed by atoms with Crippen molar-refractivity contribution in [1.82, 2.24) is 24.5 Å². The number of pyridine rings is 2. The van der Waals surface area contributed by atoms with Crippen LogP contribution >= 0.6 is 0 Å². The molecule has 1 N–H and O–H groups in total. The molecule has 3 atom stereocenters. The molecular weight excluding hydrogens is 538 g/mol. The van der Waals surface area contributed by atoms with E-state index in [0.29, 0.717) is 11.9 Å². The zero-order valence-electron chi connectivity index (χ0n) is 21.6. The molecule has 13 heteroatoms. The molecular formula is C27H27N5O7S. The van der Waals surface area contributed by atoms with Crippen molar-refractivity contribution in [2.75, 3.05) is 13.1 Å². The Morgan fingerprint density at radius 3 is 2.67 bits per heavy atom. The van der Waals surface area contributed by atoms with E-state index < -0.39 is 57.6 Å². The van der Waals surface area contributed by atoms with E-state index in [1.807, 2.05) is 25.1 Å². The van der Waals surface area contributed by atoms with Crippen LogP contribution in [0.2, 0.25) is 0 Å². The largest absolute Gasteiger partial charge is 0.414 e. The van der Waals surface area contributed by atoms with E-state index in [9.17, 15) is 27.6 Å². The molecule has 12 nitrogen and oxygen atoms in total. The molecule has 0 bridgehead atoms. The molecule has 2 aliphatic heterocycles. The van der Waals surface area contributed by atoms with Gasteiger partial charge in [-0.1, -0.05) is 31.5 Å². The van der Waals surface area contributed by atoms with E-state index in [1.54, 1.807) is 18.2 Å². The summed E-state index contributed by atoms with van der Waals surface area (Å²) in [5.74, 6) is -0.953. The standard InChI is InChI=1S/C27H27N5O7S/c1-2-6-20(30-27(36)39-23-11-10-17-7-3-4-9-19(17)29-23)25(34)31-14-12-21-24(31)22(33)16-32(21)40(37,38)26(35)18-8-5-13-28-15-18/h3-5,7-11,13,15,20-21,24H,2,6,12,14,16H2,1H3,(H,30,36). The van der Waals surface area contributed by atoms with Gasteiger partial charge in [0.15, 0.2) is 5.78 Å². The number of fused-ring (bicyclic) bond motifs is 2. The summed E-state index contributed by atoms with van der Waals surface area (Å²) in [4.78, 5) is 61.4. The van der Waals surface area contributed by atoms with Crippen LogP contribution in [0.4, 0.5) is 4.79 Å². The van der Waals surface area contributed by atoms with Gasteiger partial charge in [0.1, 0.15) is 12.1 Å². The van der Waals surface area contributed by atoms with Crippen LogP contribution in [0.15, 0.2) is 60.9 Å². The number of para-hydroxylation sites is 1. The van der Waals surface area contributed by atoms with Gasteiger partial charge in [-0.05, 0) is 37.1 Å². The van der Waals surface area contributed by atoms with Gasteiger partial charge in [0.25, 0.3) is 15.1 Å². The second-order valence-corrected chi connectivity index (χ2v) is 11.4. The Kier molecular flexibility index (Phi) is 7.59. The third kappa shape index (κ3) is 5.17. The van der Waals surface area contributed by atoms with E-state index in [0.717, 1.165) is 15.9 Å². The van der Waals surface area contributed by atoms with Crippen LogP contribution in [0, 0.1) is 0 Å². The summed E-state index contributed by atoms with van der Waals surface area (Å²) in [5, 5.41) is 2.29. The molecule has 208 valence electrons. The Labute approximate surface area is 230 Å². The second kappa shape index (κ2) is 11.1. The van der Waals surface area contributed by atoms with Gasteiger partial charge >= 0.3 is 6.09 Å². The van der Waals surface area contributed by atoms with Gasteiger partial charge < -0.3 is 15.0 Å². The first kappa shape index (κ1) is 27.3. The maximum atomic E-state index is 13.5. The Balaban J connectivity index is 1.29. The third-order valence-electron chi connectivity index (χ3n) is 7.04. The number of hydrogen-bond donors (Lipinski definition) is 1. The lowest BCUT2D eigenvalue weighted by atomic mass is 10.1. The van der Waals surface area contributed by atoms with Crippen LogP contribution in [0.5, 0.6) is 5.88 Å². The summed E-state index contributed by atoms with van der Waals surface area (Å²) in [7, 11) is -4.53. The number of rotatable bonds is 7. The van der Waals surface area contributed by atoms with Crippen LogP contribution in [0.1, 0.15) is 36.5 Å². The van der Waals surface area contributed by atoms with Crippen LogP contribution < -0.4 is 10.1 Å². The maximum Gasteiger partial charge on any atom is 0.414 e. The number of amides is 2. The maximum absolute atomic E-state index is 13.5. The van der Waals surface area contributed by atoms with Crippen LogP contribution in [-0.4, -0.2) is 81.7 Å². The number of sulfonamides is 1. The minimum absolute atomic E-state index is 0.0604. The van der Waals surface area contributed by atoms with Gasteiger partial charge in [0.05, 0.1) is 23.7 Å². The molecule has 2 saturated heterocycles. The lowest BCUT2D eigenvalue weighted by Gasteiger charge is -2.27. The van der Waals surface area contributed by atoms with Gasteiger partial charge in [0, 0.05) is 30.4 Å². The predicted octanol–water partition coefficient (Wildman–Crippen LogP) is 1.91. The first-order valence-corrected chi connectivity index (χ1v) is 14.3. The highest BCUT2D eigenvalue weighted by atomic mass is 32.2. The topological polar surface area (TPSA) is 156 Å². The first-order chi connectivity index (χ1) is 19.2.